The molecular formula is C21H25ClN4O3. The van der Waals surface area contributed by atoms with Crippen molar-refractivity contribution in [2.45, 2.75) is 20.8 Å². The van der Waals surface area contributed by atoms with E-state index in [1.807, 2.05) is 11.0 Å². The molecule has 3 rings (SSSR count). The highest BCUT2D eigenvalue weighted by molar-refractivity contribution is 6.33. The van der Waals surface area contributed by atoms with Crippen LogP contribution >= 0.6 is 11.6 Å². The Bertz CT molecular complexity index is 945. The fourth-order valence-electron chi connectivity index (χ4n) is 3.71. The number of nitrogens with one attached hydrogen (secondary N) is 2. The molecule has 2 heterocycles. The molecule has 1 aromatic carbocycles. The fourth-order valence-corrected chi connectivity index (χ4v) is 3.90. The van der Waals surface area contributed by atoms with E-state index in [4.69, 9.17) is 11.6 Å². The van der Waals surface area contributed by atoms with E-state index in [9.17, 15) is 14.4 Å². The minimum Gasteiger partial charge on any atom is -0.354 e. The minimum absolute atomic E-state index is 0.0512. The second-order valence-corrected chi connectivity index (χ2v) is 7.68. The summed E-state index contributed by atoms with van der Waals surface area (Å²) in [6.07, 6.45) is 0. The Hall–Kier alpha value is -2.64. The number of aryl methyl sites for hydroxylation is 1. The van der Waals surface area contributed by atoms with E-state index in [-0.39, 0.29) is 24.1 Å². The molecule has 2 N–H and O–H groups in total. The lowest BCUT2D eigenvalue weighted by atomic mass is 10.1. The maximum atomic E-state index is 12.9. The number of carbonyl (C=O) groups is 3. The number of hydrogen-bond donors (Lipinski definition) is 2. The van der Waals surface area contributed by atoms with Gasteiger partial charge in [0.1, 0.15) is 5.69 Å². The van der Waals surface area contributed by atoms with E-state index in [0.717, 1.165) is 0 Å². The summed E-state index contributed by atoms with van der Waals surface area (Å²) >= 11 is 6.07. The van der Waals surface area contributed by atoms with Gasteiger partial charge in [0.25, 0.3) is 5.91 Å². The van der Waals surface area contributed by atoms with Crippen molar-refractivity contribution in [2.24, 2.45) is 0 Å². The number of amides is 2. The van der Waals surface area contributed by atoms with E-state index >= 15 is 0 Å². The third kappa shape index (κ3) is 4.68. The number of ketones is 1. The standard InChI is InChI=1S/C21H25ClN4O3/c1-13-19(15(3)27)14(2)23-20(13)21(29)26-10-8-25(9-11-26)12-18(28)24-17-7-5-4-6-16(17)22/h4-7,23H,8-12H2,1-3H3,(H,24,28). The molecule has 0 spiro atoms. The average molecular weight is 417 g/mol. The van der Waals surface area contributed by atoms with Crippen molar-refractivity contribution >= 4 is 34.9 Å². The third-order valence-electron chi connectivity index (χ3n) is 5.18. The Labute approximate surface area is 175 Å². The molecule has 1 aliphatic rings. The van der Waals surface area contributed by atoms with Crippen molar-refractivity contribution in [3.05, 3.63) is 51.8 Å². The summed E-state index contributed by atoms with van der Waals surface area (Å²) < 4.78 is 0. The summed E-state index contributed by atoms with van der Waals surface area (Å²) in [5, 5.41) is 3.31. The van der Waals surface area contributed by atoms with Crippen LogP contribution in [-0.2, 0) is 4.79 Å². The molecule has 0 radical (unpaired) electrons. The zero-order valence-electron chi connectivity index (χ0n) is 16.8. The first-order valence-electron chi connectivity index (χ1n) is 9.54. The SMILES string of the molecule is CC(=O)c1c(C)[nH]c(C(=O)N2CCN(CC(=O)Nc3ccccc3Cl)CC2)c1C. The summed E-state index contributed by atoms with van der Waals surface area (Å²) in [4.78, 5) is 43.8. The monoisotopic (exact) mass is 416 g/mol. The number of benzene rings is 1. The van der Waals surface area contributed by atoms with Crippen LogP contribution in [0.2, 0.25) is 5.02 Å². The summed E-state index contributed by atoms with van der Waals surface area (Å²) in [6, 6.07) is 7.10. The van der Waals surface area contributed by atoms with Crippen LogP contribution in [0.5, 0.6) is 0 Å². The van der Waals surface area contributed by atoms with E-state index in [1.165, 1.54) is 6.92 Å². The Morgan fingerprint density at radius 2 is 1.76 bits per heavy atom. The van der Waals surface area contributed by atoms with Gasteiger partial charge in [-0.25, -0.2) is 0 Å². The van der Waals surface area contributed by atoms with Crippen LogP contribution < -0.4 is 5.32 Å². The van der Waals surface area contributed by atoms with Crippen molar-refractivity contribution in [3.8, 4) is 0 Å². The van der Waals surface area contributed by atoms with Gasteiger partial charge in [-0.3, -0.25) is 19.3 Å². The lowest BCUT2D eigenvalue weighted by molar-refractivity contribution is -0.117. The smallest absolute Gasteiger partial charge is 0.270 e. The average Bonchev–Trinajstić information content (AvgIpc) is 2.98. The molecular weight excluding hydrogens is 392 g/mol. The minimum atomic E-state index is -0.139. The van der Waals surface area contributed by atoms with E-state index in [2.05, 4.69) is 10.3 Å². The fraction of sp³-hybridized carbons (Fsp3) is 0.381. The number of rotatable bonds is 5. The van der Waals surface area contributed by atoms with Gasteiger partial charge in [0.15, 0.2) is 5.78 Å². The Morgan fingerprint density at radius 3 is 2.34 bits per heavy atom. The molecule has 0 bridgehead atoms. The first-order valence-corrected chi connectivity index (χ1v) is 9.91. The number of H-pyrrole nitrogens is 1. The molecule has 1 fully saturated rings. The Morgan fingerprint density at radius 1 is 1.10 bits per heavy atom. The van der Waals surface area contributed by atoms with Gasteiger partial charge < -0.3 is 15.2 Å². The molecule has 154 valence electrons. The van der Waals surface area contributed by atoms with Gasteiger partial charge >= 0.3 is 0 Å². The predicted octanol–water partition coefficient (Wildman–Crippen LogP) is 2.88. The van der Waals surface area contributed by atoms with Gasteiger partial charge in [0, 0.05) is 37.4 Å². The maximum Gasteiger partial charge on any atom is 0.270 e. The number of carbonyl (C=O) groups excluding carboxylic acids is 3. The molecule has 0 saturated carbocycles. The molecule has 1 aliphatic heterocycles. The Balaban J connectivity index is 1.56. The summed E-state index contributed by atoms with van der Waals surface area (Å²) in [6.45, 7) is 7.57. The third-order valence-corrected chi connectivity index (χ3v) is 5.51. The molecule has 0 aliphatic carbocycles. The first kappa shape index (κ1) is 21.1. The molecule has 7 nitrogen and oxygen atoms in total. The molecule has 2 amide bonds. The largest absolute Gasteiger partial charge is 0.354 e. The van der Waals surface area contributed by atoms with Gasteiger partial charge in [0.2, 0.25) is 5.91 Å². The topological polar surface area (TPSA) is 85.5 Å². The highest BCUT2D eigenvalue weighted by Crippen LogP contribution is 2.21. The number of Topliss-reactive ketones (excluding diaryl/α,β-unsaturated/α-hetero) is 1. The highest BCUT2D eigenvalue weighted by atomic mass is 35.5. The molecule has 0 unspecified atom stereocenters. The van der Waals surface area contributed by atoms with Crippen molar-refractivity contribution in [3.63, 3.8) is 0 Å². The summed E-state index contributed by atoms with van der Waals surface area (Å²) in [5.74, 6) is -0.303. The molecule has 1 saturated heterocycles. The number of aromatic amines is 1. The number of piperazine rings is 1. The van der Waals surface area contributed by atoms with Crippen LogP contribution in [0.3, 0.4) is 0 Å². The van der Waals surface area contributed by atoms with Crippen molar-refractivity contribution in [2.75, 3.05) is 38.0 Å². The molecule has 29 heavy (non-hydrogen) atoms. The number of anilines is 1. The maximum absolute atomic E-state index is 12.9. The number of para-hydroxylation sites is 1. The van der Waals surface area contributed by atoms with Gasteiger partial charge in [-0.05, 0) is 38.5 Å². The number of halogens is 1. The summed E-state index contributed by atoms with van der Waals surface area (Å²) in [5.41, 5.74) is 3.06. The van der Waals surface area contributed by atoms with Crippen LogP contribution in [-0.4, -0.2) is 65.1 Å². The molecule has 1 aromatic heterocycles. The van der Waals surface area contributed by atoms with Crippen LogP contribution in [0.4, 0.5) is 5.69 Å². The second-order valence-electron chi connectivity index (χ2n) is 7.28. The van der Waals surface area contributed by atoms with Gasteiger partial charge in [-0.1, -0.05) is 23.7 Å². The lowest BCUT2D eigenvalue weighted by Crippen LogP contribution is -2.50. The van der Waals surface area contributed by atoms with Gasteiger partial charge in [-0.15, -0.1) is 0 Å². The van der Waals surface area contributed by atoms with E-state index in [0.29, 0.717) is 59.4 Å². The highest BCUT2D eigenvalue weighted by Gasteiger charge is 2.27. The van der Waals surface area contributed by atoms with Crippen molar-refractivity contribution in [1.29, 1.82) is 0 Å². The van der Waals surface area contributed by atoms with Crippen molar-refractivity contribution in [1.82, 2.24) is 14.8 Å². The predicted molar refractivity (Wildman–Crippen MR) is 113 cm³/mol. The first-order chi connectivity index (χ1) is 13.8. The van der Waals surface area contributed by atoms with Gasteiger partial charge in [-0.2, -0.15) is 0 Å². The number of aromatic nitrogens is 1. The molecule has 8 heteroatoms. The quantitative estimate of drug-likeness (QED) is 0.734. The van der Waals surface area contributed by atoms with Crippen LogP contribution in [0.15, 0.2) is 24.3 Å². The van der Waals surface area contributed by atoms with Gasteiger partial charge in [0.05, 0.1) is 17.3 Å². The van der Waals surface area contributed by atoms with E-state index in [1.54, 1.807) is 36.9 Å². The van der Waals surface area contributed by atoms with Crippen LogP contribution in [0.1, 0.15) is 39.0 Å². The summed E-state index contributed by atoms with van der Waals surface area (Å²) in [7, 11) is 0. The molecule has 2 aromatic rings. The van der Waals surface area contributed by atoms with Crippen molar-refractivity contribution < 1.29 is 14.4 Å². The number of hydrogen-bond acceptors (Lipinski definition) is 4. The van der Waals surface area contributed by atoms with Crippen LogP contribution in [0.25, 0.3) is 0 Å². The number of nitrogens with zero attached hydrogens (tertiary/aromatic N) is 2. The van der Waals surface area contributed by atoms with Crippen LogP contribution in [0, 0.1) is 13.8 Å². The normalized spacial score (nSPS) is 14.7. The zero-order chi connectivity index (χ0) is 21.1. The second kappa shape index (κ2) is 8.80. The lowest BCUT2D eigenvalue weighted by Gasteiger charge is -2.34. The Kier molecular flexibility index (Phi) is 6.39. The van der Waals surface area contributed by atoms with E-state index < -0.39 is 0 Å². The molecule has 0 atom stereocenters. The zero-order valence-corrected chi connectivity index (χ0v) is 17.6.